The molecule has 0 saturated carbocycles. The summed E-state index contributed by atoms with van der Waals surface area (Å²) in [6, 6.07) is 11.0. The number of aromatic nitrogens is 4. The molecule has 1 aliphatic rings. The van der Waals surface area contributed by atoms with Gasteiger partial charge < -0.3 is 23.8 Å². The fourth-order valence-corrected chi connectivity index (χ4v) is 6.77. The largest absolute Gasteiger partial charge is 0.455 e. The fourth-order valence-electron chi connectivity index (χ4n) is 5.00. The number of benzene rings is 1. The van der Waals surface area contributed by atoms with Gasteiger partial charge in [-0.05, 0) is 46.2 Å². The van der Waals surface area contributed by atoms with Crippen molar-refractivity contribution in [1.29, 1.82) is 5.26 Å². The molecule has 1 unspecified atom stereocenters. The van der Waals surface area contributed by atoms with Crippen molar-refractivity contribution in [2.75, 3.05) is 11.9 Å². The predicted molar refractivity (Wildman–Crippen MR) is 160 cm³/mol. The van der Waals surface area contributed by atoms with Crippen LogP contribution in [0.5, 0.6) is 0 Å². The summed E-state index contributed by atoms with van der Waals surface area (Å²) in [4.78, 5) is 38.3. The number of carbonyl (C=O) groups is 2. The number of nitrogens with zero attached hydrogens (tertiary/aromatic N) is 6. The van der Waals surface area contributed by atoms with Gasteiger partial charge in [0.2, 0.25) is 0 Å². The molecule has 1 N–H and O–H groups in total. The number of hydrogen-bond acceptors (Lipinski definition) is 11. The van der Waals surface area contributed by atoms with Crippen LogP contribution in [0.4, 0.5) is 5.82 Å². The Bertz CT molecular complexity index is 1420. The van der Waals surface area contributed by atoms with Crippen molar-refractivity contribution in [2.24, 2.45) is 0 Å². The highest BCUT2D eigenvalue weighted by Gasteiger charge is 2.50. The number of esters is 1. The first-order valence-corrected chi connectivity index (χ1v) is 15.4. The molecule has 14 heteroatoms. The number of rotatable bonds is 13. The summed E-state index contributed by atoms with van der Waals surface area (Å²) in [5, 5.41) is 11.9. The number of hydrogen-bond donors (Lipinski definition) is 1. The Balaban J connectivity index is 1.68. The van der Waals surface area contributed by atoms with Crippen LogP contribution in [0.25, 0.3) is 11.2 Å². The quantitative estimate of drug-likeness (QED) is 0.158. The van der Waals surface area contributed by atoms with Gasteiger partial charge in [0, 0.05) is 24.6 Å². The Morgan fingerprint density at radius 3 is 2.49 bits per heavy atom. The summed E-state index contributed by atoms with van der Waals surface area (Å²) >= 11 is 0. The van der Waals surface area contributed by atoms with E-state index < -0.39 is 39.0 Å². The molecule has 1 saturated heterocycles. The number of nitrogens with one attached hydrogen (secondary N) is 1. The molecule has 1 aromatic carbocycles. The van der Waals surface area contributed by atoms with Crippen LogP contribution in [-0.4, -0.2) is 73.1 Å². The van der Waals surface area contributed by atoms with Crippen LogP contribution in [0.3, 0.4) is 0 Å². The molecule has 13 nitrogen and oxygen atoms in total. The molecule has 0 radical (unpaired) electrons. The molecule has 0 bridgehead atoms. The number of amides is 1. The third kappa shape index (κ3) is 7.52. The highest BCUT2D eigenvalue weighted by molar-refractivity contribution is 7.44. The minimum Gasteiger partial charge on any atom is -0.455 e. The Morgan fingerprint density at radius 1 is 1.14 bits per heavy atom. The van der Waals surface area contributed by atoms with Crippen molar-refractivity contribution in [1.82, 2.24) is 24.2 Å². The normalized spacial score (nSPS) is 20.9. The van der Waals surface area contributed by atoms with Gasteiger partial charge in [-0.1, -0.05) is 25.1 Å². The van der Waals surface area contributed by atoms with Gasteiger partial charge in [-0.3, -0.25) is 14.2 Å². The van der Waals surface area contributed by atoms with Crippen molar-refractivity contribution < 1.29 is 28.1 Å². The van der Waals surface area contributed by atoms with Crippen LogP contribution < -0.4 is 5.32 Å². The monoisotopic (exact) mass is 611 g/mol. The Morgan fingerprint density at radius 2 is 1.86 bits per heavy atom. The lowest BCUT2D eigenvalue weighted by Gasteiger charge is -2.38. The highest BCUT2D eigenvalue weighted by atomic mass is 31.2. The lowest BCUT2D eigenvalue weighted by atomic mass is 10.1. The smallest absolute Gasteiger partial charge is 0.303 e. The molecule has 0 spiro atoms. The zero-order chi connectivity index (χ0) is 31.1. The Kier molecular flexibility index (Phi) is 11.1. The second-order valence-electron chi connectivity index (χ2n) is 10.5. The Labute approximate surface area is 252 Å². The lowest BCUT2D eigenvalue weighted by molar-refractivity contribution is -0.155. The standard InChI is InChI=1S/C29H38N7O6P/c1-7-22-24(42-43(39-15-11-14-30)36(18(2)3)19(4)5)25(40-20(6)37)29(41-22)35-17-33-23-26(31-16-32-27(23)35)34-28(38)21-12-9-8-10-13-21/h8-10,12-13,16-19,22,24-25,29H,7,11,15H2,1-6H3,(H,31,32,34,38)/t22-,24-,25+,29-,43?/m1/s1. The molecule has 230 valence electrons. The molecular formula is C29H38N7O6P. The first kappa shape index (κ1) is 32.4. The van der Waals surface area contributed by atoms with Crippen LogP contribution in [0.15, 0.2) is 43.0 Å². The van der Waals surface area contributed by atoms with Crippen LogP contribution in [-0.2, 0) is 23.3 Å². The summed E-state index contributed by atoms with van der Waals surface area (Å²) in [6.07, 6.45) is 0.762. The maximum atomic E-state index is 12.8. The highest BCUT2D eigenvalue weighted by Crippen LogP contribution is 2.51. The lowest BCUT2D eigenvalue weighted by Crippen LogP contribution is -2.40. The van der Waals surface area contributed by atoms with E-state index in [2.05, 4.69) is 31.0 Å². The van der Waals surface area contributed by atoms with Crippen LogP contribution in [0.2, 0.25) is 0 Å². The number of anilines is 1. The minimum absolute atomic E-state index is 0.0809. The van der Waals surface area contributed by atoms with E-state index in [4.69, 9.17) is 23.8 Å². The molecule has 5 atom stereocenters. The third-order valence-corrected chi connectivity index (χ3v) is 8.89. The third-order valence-electron chi connectivity index (χ3n) is 6.76. The Hall–Kier alpha value is -3.53. The van der Waals surface area contributed by atoms with Gasteiger partial charge in [0.1, 0.15) is 12.4 Å². The molecule has 2 aromatic heterocycles. The maximum Gasteiger partial charge on any atom is 0.303 e. The van der Waals surface area contributed by atoms with E-state index in [1.807, 2.05) is 40.7 Å². The van der Waals surface area contributed by atoms with Crippen LogP contribution >= 0.6 is 8.53 Å². The topological polar surface area (TPSA) is 154 Å². The molecule has 3 aromatic rings. The van der Waals surface area contributed by atoms with E-state index in [1.54, 1.807) is 28.8 Å². The minimum atomic E-state index is -1.65. The van der Waals surface area contributed by atoms with Gasteiger partial charge in [-0.25, -0.2) is 19.6 Å². The van der Waals surface area contributed by atoms with Gasteiger partial charge in [-0.15, -0.1) is 0 Å². The summed E-state index contributed by atoms with van der Waals surface area (Å²) in [6.45, 7) is 11.7. The summed E-state index contributed by atoms with van der Waals surface area (Å²) in [5.74, 6) is -0.606. The van der Waals surface area contributed by atoms with Crippen LogP contribution in [0.1, 0.15) is 71.0 Å². The molecule has 1 amide bonds. The first-order chi connectivity index (χ1) is 20.7. The van der Waals surface area contributed by atoms with Gasteiger partial charge in [0.15, 0.2) is 29.3 Å². The van der Waals surface area contributed by atoms with Gasteiger partial charge in [-0.2, -0.15) is 5.26 Å². The number of nitriles is 1. The summed E-state index contributed by atoms with van der Waals surface area (Å²) < 4.78 is 28.9. The van der Waals surface area contributed by atoms with E-state index >= 15 is 0 Å². The zero-order valence-electron chi connectivity index (χ0n) is 25.2. The second-order valence-corrected chi connectivity index (χ2v) is 11.9. The van der Waals surface area contributed by atoms with Crippen molar-refractivity contribution >= 4 is 37.4 Å². The molecule has 1 aliphatic heterocycles. The number of carbonyl (C=O) groups excluding carboxylic acids is 2. The number of ether oxygens (including phenoxy) is 2. The molecule has 4 rings (SSSR count). The van der Waals surface area contributed by atoms with E-state index in [9.17, 15) is 9.59 Å². The second kappa shape index (κ2) is 14.8. The number of fused-ring (bicyclic) bond motifs is 1. The zero-order valence-corrected chi connectivity index (χ0v) is 26.1. The summed E-state index contributed by atoms with van der Waals surface area (Å²) in [5.41, 5.74) is 1.20. The molecule has 0 aliphatic carbocycles. The van der Waals surface area contributed by atoms with Crippen molar-refractivity contribution in [3.8, 4) is 6.07 Å². The van der Waals surface area contributed by atoms with Crippen molar-refractivity contribution in [3.05, 3.63) is 48.5 Å². The van der Waals surface area contributed by atoms with E-state index in [1.165, 1.54) is 19.6 Å². The number of imidazole rings is 1. The fraction of sp³-hybridized carbons (Fsp3) is 0.517. The maximum absolute atomic E-state index is 12.8. The molecule has 43 heavy (non-hydrogen) atoms. The van der Waals surface area contributed by atoms with Crippen LogP contribution in [0, 0.1) is 11.3 Å². The first-order valence-electron chi connectivity index (χ1n) is 14.3. The molecular weight excluding hydrogens is 573 g/mol. The van der Waals surface area contributed by atoms with Crippen molar-refractivity contribution in [3.63, 3.8) is 0 Å². The van der Waals surface area contributed by atoms with E-state index in [0.717, 1.165) is 0 Å². The summed E-state index contributed by atoms with van der Waals surface area (Å²) in [7, 11) is -1.65. The van der Waals surface area contributed by atoms with Gasteiger partial charge >= 0.3 is 5.97 Å². The van der Waals surface area contributed by atoms with E-state index in [-0.39, 0.29) is 36.8 Å². The SMILES string of the molecule is CC[C@H]1O[C@@H](n2cnc3c(NC(=O)c4ccccc4)ncnc32)[C@@H](OC(C)=O)[C@@H]1OP(OCCC#N)N(C(C)C)C(C)C. The van der Waals surface area contributed by atoms with Crippen molar-refractivity contribution in [2.45, 2.75) is 91.0 Å². The molecule has 3 heterocycles. The van der Waals surface area contributed by atoms with Gasteiger partial charge in [0.05, 0.1) is 31.5 Å². The average Bonchev–Trinajstić information content (AvgIpc) is 3.54. The predicted octanol–water partition coefficient (Wildman–Crippen LogP) is 4.98. The molecule has 1 fully saturated rings. The van der Waals surface area contributed by atoms with E-state index in [0.29, 0.717) is 23.1 Å². The average molecular weight is 612 g/mol. The van der Waals surface area contributed by atoms with Gasteiger partial charge in [0.25, 0.3) is 14.4 Å².